The molecule has 2 rings (SSSR count). The van der Waals surface area contributed by atoms with E-state index in [1.54, 1.807) is 0 Å². The minimum atomic E-state index is 0.185. The summed E-state index contributed by atoms with van der Waals surface area (Å²) in [5.41, 5.74) is 0.221. The summed E-state index contributed by atoms with van der Waals surface area (Å²) >= 11 is 0. The molecule has 0 heterocycles. The van der Waals surface area contributed by atoms with Crippen molar-refractivity contribution in [3.05, 3.63) is 0 Å². The molecular formula is C13H23NO2. The molecule has 1 N–H and O–H groups in total. The molecule has 2 aliphatic carbocycles. The fourth-order valence-corrected chi connectivity index (χ4v) is 2.50. The Labute approximate surface area is 97.8 Å². The number of hydrogen-bond acceptors (Lipinski definition) is 2. The van der Waals surface area contributed by atoms with Gasteiger partial charge in [-0.25, -0.2) is 0 Å². The van der Waals surface area contributed by atoms with E-state index in [4.69, 9.17) is 5.11 Å². The maximum absolute atomic E-state index is 12.3. The van der Waals surface area contributed by atoms with Crippen LogP contribution < -0.4 is 0 Å². The van der Waals surface area contributed by atoms with Gasteiger partial charge in [-0.2, -0.15) is 0 Å². The standard InChI is InChI=1S/C13H23NO2/c1-13(2)9-11(13)12(16)14(7-4-8-15)10-5-3-6-10/h10-11,15H,3-9H2,1-2H3. The number of rotatable bonds is 5. The molecule has 2 aliphatic rings. The van der Waals surface area contributed by atoms with Crippen molar-refractivity contribution in [3.8, 4) is 0 Å². The molecule has 92 valence electrons. The van der Waals surface area contributed by atoms with Crippen LogP contribution in [0.2, 0.25) is 0 Å². The van der Waals surface area contributed by atoms with Crippen molar-refractivity contribution in [2.45, 2.75) is 52.0 Å². The molecule has 0 saturated heterocycles. The second kappa shape index (κ2) is 4.36. The summed E-state index contributed by atoms with van der Waals surface area (Å²) in [4.78, 5) is 14.3. The maximum Gasteiger partial charge on any atom is 0.226 e. The zero-order valence-electron chi connectivity index (χ0n) is 10.4. The highest BCUT2D eigenvalue weighted by molar-refractivity contribution is 5.82. The van der Waals surface area contributed by atoms with Gasteiger partial charge >= 0.3 is 0 Å². The van der Waals surface area contributed by atoms with Gasteiger partial charge in [-0.15, -0.1) is 0 Å². The summed E-state index contributed by atoms with van der Waals surface area (Å²) in [6, 6.07) is 0.468. The lowest BCUT2D eigenvalue weighted by Gasteiger charge is -2.38. The van der Waals surface area contributed by atoms with Crippen LogP contribution in [0.4, 0.5) is 0 Å². The van der Waals surface area contributed by atoms with Gasteiger partial charge in [0.25, 0.3) is 0 Å². The van der Waals surface area contributed by atoms with Crippen molar-refractivity contribution in [2.75, 3.05) is 13.2 Å². The van der Waals surface area contributed by atoms with Crippen LogP contribution in [0.15, 0.2) is 0 Å². The summed E-state index contributed by atoms with van der Waals surface area (Å²) in [6.07, 6.45) is 5.32. The van der Waals surface area contributed by atoms with Gasteiger partial charge in [-0.3, -0.25) is 4.79 Å². The van der Waals surface area contributed by atoms with E-state index in [1.165, 1.54) is 6.42 Å². The predicted molar refractivity (Wildman–Crippen MR) is 62.9 cm³/mol. The molecule has 0 spiro atoms. The lowest BCUT2D eigenvalue weighted by molar-refractivity contribution is -0.137. The van der Waals surface area contributed by atoms with Crippen LogP contribution in [0.1, 0.15) is 46.0 Å². The molecule has 0 aromatic heterocycles. The Morgan fingerprint density at radius 3 is 2.44 bits per heavy atom. The third-order valence-corrected chi connectivity index (χ3v) is 4.17. The van der Waals surface area contributed by atoms with Crippen LogP contribution in [-0.4, -0.2) is 35.1 Å². The van der Waals surface area contributed by atoms with Crippen LogP contribution in [-0.2, 0) is 4.79 Å². The van der Waals surface area contributed by atoms with Crippen LogP contribution in [0.3, 0.4) is 0 Å². The monoisotopic (exact) mass is 225 g/mol. The Balaban J connectivity index is 1.92. The first-order valence-corrected chi connectivity index (χ1v) is 6.47. The number of nitrogens with zero attached hydrogens (tertiary/aromatic N) is 1. The molecule has 3 nitrogen and oxygen atoms in total. The number of carbonyl (C=O) groups is 1. The average Bonchev–Trinajstić information content (AvgIpc) is 2.78. The number of amides is 1. The highest BCUT2D eigenvalue weighted by Crippen LogP contribution is 2.53. The summed E-state index contributed by atoms with van der Waals surface area (Å²) in [5, 5.41) is 8.89. The van der Waals surface area contributed by atoms with E-state index in [0.717, 1.165) is 32.2 Å². The number of hydrogen-bond donors (Lipinski definition) is 1. The van der Waals surface area contributed by atoms with Crippen molar-refractivity contribution in [2.24, 2.45) is 11.3 Å². The third kappa shape index (κ3) is 2.24. The van der Waals surface area contributed by atoms with Gasteiger partial charge in [-0.05, 0) is 37.5 Å². The number of carbonyl (C=O) groups excluding carboxylic acids is 1. The molecular weight excluding hydrogens is 202 g/mol. The van der Waals surface area contributed by atoms with Crippen molar-refractivity contribution < 1.29 is 9.90 Å². The highest BCUT2D eigenvalue weighted by Gasteiger charge is 2.52. The largest absolute Gasteiger partial charge is 0.396 e. The number of aliphatic hydroxyl groups is 1. The Morgan fingerprint density at radius 2 is 2.06 bits per heavy atom. The van der Waals surface area contributed by atoms with E-state index in [9.17, 15) is 4.79 Å². The molecule has 2 saturated carbocycles. The topological polar surface area (TPSA) is 40.5 Å². The first kappa shape index (κ1) is 11.9. The fourth-order valence-electron chi connectivity index (χ4n) is 2.50. The lowest BCUT2D eigenvalue weighted by Crippen LogP contribution is -2.46. The molecule has 16 heavy (non-hydrogen) atoms. The Bertz CT molecular complexity index is 271. The fraction of sp³-hybridized carbons (Fsp3) is 0.923. The van der Waals surface area contributed by atoms with Crippen molar-refractivity contribution in [1.29, 1.82) is 0 Å². The van der Waals surface area contributed by atoms with E-state index in [2.05, 4.69) is 13.8 Å². The zero-order valence-corrected chi connectivity index (χ0v) is 10.4. The van der Waals surface area contributed by atoms with Crippen molar-refractivity contribution in [3.63, 3.8) is 0 Å². The minimum Gasteiger partial charge on any atom is -0.396 e. The van der Waals surface area contributed by atoms with E-state index in [1.807, 2.05) is 4.90 Å². The zero-order chi connectivity index (χ0) is 11.8. The van der Waals surface area contributed by atoms with Crippen LogP contribution in [0.25, 0.3) is 0 Å². The summed E-state index contributed by atoms with van der Waals surface area (Å²) in [5.74, 6) is 0.579. The molecule has 1 unspecified atom stereocenters. The van der Waals surface area contributed by atoms with E-state index >= 15 is 0 Å². The molecule has 1 atom stereocenters. The second-order valence-corrected chi connectivity index (χ2v) is 5.94. The average molecular weight is 225 g/mol. The maximum atomic E-state index is 12.3. The van der Waals surface area contributed by atoms with Crippen molar-refractivity contribution >= 4 is 5.91 Å². The Kier molecular flexibility index (Phi) is 3.24. The number of aliphatic hydroxyl groups excluding tert-OH is 1. The van der Waals surface area contributed by atoms with Crippen LogP contribution >= 0.6 is 0 Å². The second-order valence-electron chi connectivity index (χ2n) is 5.94. The minimum absolute atomic E-state index is 0.185. The smallest absolute Gasteiger partial charge is 0.226 e. The van der Waals surface area contributed by atoms with Gasteiger partial charge in [0.2, 0.25) is 5.91 Å². The van der Waals surface area contributed by atoms with Crippen LogP contribution in [0.5, 0.6) is 0 Å². The Morgan fingerprint density at radius 1 is 1.44 bits per heavy atom. The van der Waals surface area contributed by atoms with Gasteiger partial charge in [0.1, 0.15) is 0 Å². The van der Waals surface area contributed by atoms with E-state index in [-0.39, 0.29) is 17.9 Å². The van der Waals surface area contributed by atoms with E-state index < -0.39 is 0 Å². The SMILES string of the molecule is CC1(C)CC1C(=O)N(CCCO)C1CCC1. The normalized spacial score (nSPS) is 27.3. The van der Waals surface area contributed by atoms with Gasteiger partial charge in [-0.1, -0.05) is 13.8 Å². The predicted octanol–water partition coefficient (Wildman–Crippen LogP) is 1.80. The molecule has 0 aliphatic heterocycles. The van der Waals surface area contributed by atoms with Crippen LogP contribution in [0, 0.1) is 11.3 Å². The lowest BCUT2D eigenvalue weighted by atomic mass is 9.90. The quantitative estimate of drug-likeness (QED) is 0.775. The van der Waals surface area contributed by atoms with E-state index in [0.29, 0.717) is 11.9 Å². The summed E-state index contributed by atoms with van der Waals surface area (Å²) < 4.78 is 0. The van der Waals surface area contributed by atoms with Gasteiger partial charge in [0, 0.05) is 25.1 Å². The van der Waals surface area contributed by atoms with Gasteiger partial charge < -0.3 is 10.0 Å². The first-order chi connectivity index (χ1) is 7.56. The molecule has 0 radical (unpaired) electrons. The first-order valence-electron chi connectivity index (χ1n) is 6.47. The Hall–Kier alpha value is -0.570. The molecule has 3 heteroatoms. The molecule has 1 amide bonds. The van der Waals surface area contributed by atoms with Crippen molar-refractivity contribution in [1.82, 2.24) is 4.90 Å². The summed E-state index contributed by atoms with van der Waals surface area (Å²) in [6.45, 7) is 5.26. The highest BCUT2D eigenvalue weighted by atomic mass is 16.3. The molecule has 0 aromatic rings. The van der Waals surface area contributed by atoms with Gasteiger partial charge in [0.05, 0.1) is 0 Å². The molecule has 0 aromatic carbocycles. The van der Waals surface area contributed by atoms with Gasteiger partial charge in [0.15, 0.2) is 0 Å². The molecule has 2 fully saturated rings. The summed E-state index contributed by atoms with van der Waals surface area (Å²) in [7, 11) is 0. The molecule has 0 bridgehead atoms. The third-order valence-electron chi connectivity index (χ3n) is 4.17.